The second-order valence-corrected chi connectivity index (χ2v) is 6.54. The zero-order chi connectivity index (χ0) is 16.2. The van der Waals surface area contributed by atoms with Crippen molar-refractivity contribution in [2.45, 2.75) is 38.3 Å². The van der Waals surface area contributed by atoms with Crippen molar-refractivity contribution < 1.29 is 5.11 Å². The third-order valence-electron chi connectivity index (χ3n) is 4.87. The summed E-state index contributed by atoms with van der Waals surface area (Å²) in [6.07, 6.45) is 5.09. The summed E-state index contributed by atoms with van der Waals surface area (Å²) >= 11 is 0. The molecule has 1 atom stereocenters. The molecule has 0 radical (unpaired) electrons. The van der Waals surface area contributed by atoms with Gasteiger partial charge in [-0.2, -0.15) is 0 Å². The molecule has 0 bridgehead atoms. The van der Waals surface area contributed by atoms with Gasteiger partial charge in [-0.15, -0.1) is 0 Å². The molecule has 0 saturated heterocycles. The molecule has 0 spiro atoms. The van der Waals surface area contributed by atoms with Gasteiger partial charge in [0.15, 0.2) is 0 Å². The minimum Gasteiger partial charge on any atom is -0.388 e. The normalized spacial score (nSPS) is 17.3. The van der Waals surface area contributed by atoms with Gasteiger partial charge in [-0.25, -0.2) is 4.98 Å². The van der Waals surface area contributed by atoms with Crippen LogP contribution >= 0.6 is 0 Å². The summed E-state index contributed by atoms with van der Waals surface area (Å²) in [6, 6.07) is 7.71. The van der Waals surface area contributed by atoms with Crippen LogP contribution in [-0.4, -0.2) is 25.2 Å². The number of aromatic nitrogens is 3. The van der Waals surface area contributed by atoms with Crippen LogP contribution in [0.5, 0.6) is 0 Å². The van der Waals surface area contributed by atoms with E-state index in [1.165, 1.54) is 0 Å². The molecular weight excluding hydrogens is 290 g/mol. The van der Waals surface area contributed by atoms with Crippen molar-refractivity contribution in [3.63, 3.8) is 0 Å². The van der Waals surface area contributed by atoms with Crippen molar-refractivity contribution in [2.24, 2.45) is 0 Å². The highest BCUT2D eigenvalue weighted by molar-refractivity contribution is 5.83. The van der Waals surface area contributed by atoms with E-state index < -0.39 is 5.60 Å². The van der Waals surface area contributed by atoms with Crippen LogP contribution in [0.4, 0.5) is 0 Å². The van der Waals surface area contributed by atoms with Gasteiger partial charge in [0.1, 0.15) is 5.82 Å². The van der Waals surface area contributed by atoms with Gasteiger partial charge in [-0.3, -0.25) is 4.79 Å². The van der Waals surface area contributed by atoms with E-state index in [0.717, 1.165) is 29.3 Å². The zero-order valence-electron chi connectivity index (χ0n) is 13.2. The quantitative estimate of drug-likeness (QED) is 0.781. The first kappa shape index (κ1) is 14.2. The summed E-state index contributed by atoms with van der Waals surface area (Å²) in [4.78, 5) is 19.8. The predicted molar refractivity (Wildman–Crippen MR) is 89.4 cm³/mol. The molecule has 1 aliphatic carbocycles. The SMILES string of the molecule is Cc1ccc2[nH]c(=O)c(-c3nccn3C(C)C3(O)CC3)cc2c1. The van der Waals surface area contributed by atoms with Crippen LogP contribution in [0.25, 0.3) is 22.3 Å². The van der Waals surface area contributed by atoms with Gasteiger partial charge in [0.05, 0.1) is 17.2 Å². The monoisotopic (exact) mass is 309 g/mol. The number of pyridine rings is 1. The van der Waals surface area contributed by atoms with Gasteiger partial charge in [0.2, 0.25) is 0 Å². The van der Waals surface area contributed by atoms with E-state index in [4.69, 9.17) is 0 Å². The Morgan fingerprint density at radius 3 is 2.87 bits per heavy atom. The van der Waals surface area contributed by atoms with Gasteiger partial charge >= 0.3 is 0 Å². The number of hydrogen-bond donors (Lipinski definition) is 2. The lowest BCUT2D eigenvalue weighted by molar-refractivity contribution is 0.0962. The van der Waals surface area contributed by atoms with Gasteiger partial charge in [0.25, 0.3) is 5.56 Å². The lowest BCUT2D eigenvalue weighted by atomic mass is 10.1. The van der Waals surface area contributed by atoms with E-state index in [0.29, 0.717) is 11.4 Å². The fourth-order valence-electron chi connectivity index (χ4n) is 3.13. The molecule has 1 saturated carbocycles. The summed E-state index contributed by atoms with van der Waals surface area (Å²) in [5.74, 6) is 0.600. The molecule has 0 aliphatic heterocycles. The third kappa shape index (κ3) is 2.28. The number of nitrogens with one attached hydrogen (secondary N) is 1. The molecule has 2 aromatic heterocycles. The maximum absolute atomic E-state index is 12.5. The highest BCUT2D eigenvalue weighted by Crippen LogP contribution is 2.45. The van der Waals surface area contributed by atoms with E-state index in [-0.39, 0.29) is 11.6 Å². The van der Waals surface area contributed by atoms with Crippen LogP contribution in [0.1, 0.15) is 31.4 Å². The minimum atomic E-state index is -0.671. The number of hydrogen-bond acceptors (Lipinski definition) is 3. The van der Waals surface area contributed by atoms with Crippen LogP contribution < -0.4 is 5.56 Å². The van der Waals surface area contributed by atoms with Crippen molar-refractivity contribution in [3.05, 3.63) is 52.6 Å². The summed E-state index contributed by atoms with van der Waals surface area (Å²) in [6.45, 7) is 3.99. The Labute approximate surface area is 133 Å². The topological polar surface area (TPSA) is 70.9 Å². The molecule has 1 unspecified atom stereocenters. The van der Waals surface area contributed by atoms with E-state index in [2.05, 4.69) is 9.97 Å². The van der Waals surface area contributed by atoms with E-state index in [9.17, 15) is 9.90 Å². The average molecular weight is 309 g/mol. The third-order valence-corrected chi connectivity index (χ3v) is 4.87. The van der Waals surface area contributed by atoms with Crippen LogP contribution in [0.3, 0.4) is 0 Å². The molecular formula is C18H19N3O2. The Morgan fingerprint density at radius 1 is 1.35 bits per heavy atom. The number of aryl methyl sites for hydroxylation is 1. The fourth-order valence-corrected chi connectivity index (χ4v) is 3.13. The molecule has 5 nitrogen and oxygen atoms in total. The lowest BCUT2D eigenvalue weighted by Crippen LogP contribution is -2.24. The molecule has 0 amide bonds. The highest BCUT2D eigenvalue weighted by Gasteiger charge is 2.47. The van der Waals surface area contributed by atoms with Crippen molar-refractivity contribution in [1.29, 1.82) is 0 Å². The first-order valence-corrected chi connectivity index (χ1v) is 7.87. The maximum Gasteiger partial charge on any atom is 0.259 e. The molecule has 2 heterocycles. The number of benzene rings is 1. The number of fused-ring (bicyclic) bond motifs is 1. The number of H-pyrrole nitrogens is 1. The Balaban J connectivity index is 1.88. The molecule has 2 N–H and O–H groups in total. The van der Waals surface area contributed by atoms with Gasteiger partial charge < -0.3 is 14.7 Å². The van der Waals surface area contributed by atoms with Crippen LogP contribution in [0.2, 0.25) is 0 Å². The van der Waals surface area contributed by atoms with Crippen molar-refractivity contribution >= 4 is 10.9 Å². The number of imidazole rings is 1. The summed E-state index contributed by atoms with van der Waals surface area (Å²) in [5, 5.41) is 11.4. The Hall–Kier alpha value is -2.40. The zero-order valence-corrected chi connectivity index (χ0v) is 13.2. The lowest BCUT2D eigenvalue weighted by Gasteiger charge is -2.21. The van der Waals surface area contributed by atoms with Crippen molar-refractivity contribution in [2.75, 3.05) is 0 Å². The molecule has 4 rings (SSSR count). The average Bonchev–Trinajstić information content (AvgIpc) is 3.10. The predicted octanol–water partition coefficient (Wildman–Crippen LogP) is 2.79. The molecule has 5 heteroatoms. The molecule has 1 fully saturated rings. The molecule has 1 aromatic carbocycles. The van der Waals surface area contributed by atoms with Gasteiger partial charge in [-0.05, 0) is 50.3 Å². The van der Waals surface area contributed by atoms with Crippen molar-refractivity contribution in [1.82, 2.24) is 14.5 Å². The second kappa shape index (κ2) is 4.80. The fraction of sp³-hybridized carbons (Fsp3) is 0.333. The Bertz CT molecular complexity index is 950. The number of rotatable bonds is 3. The van der Waals surface area contributed by atoms with E-state index in [1.54, 1.807) is 6.20 Å². The number of aromatic amines is 1. The summed E-state index contributed by atoms with van der Waals surface area (Å²) in [7, 11) is 0. The summed E-state index contributed by atoms with van der Waals surface area (Å²) < 4.78 is 1.90. The van der Waals surface area contributed by atoms with E-state index in [1.807, 2.05) is 48.9 Å². The van der Waals surface area contributed by atoms with Crippen LogP contribution in [0.15, 0.2) is 41.5 Å². The summed E-state index contributed by atoms with van der Waals surface area (Å²) in [5.41, 5.74) is 1.65. The largest absolute Gasteiger partial charge is 0.388 e. The smallest absolute Gasteiger partial charge is 0.259 e. The van der Waals surface area contributed by atoms with Crippen molar-refractivity contribution in [3.8, 4) is 11.4 Å². The molecule has 3 aromatic rings. The number of aliphatic hydroxyl groups is 1. The van der Waals surface area contributed by atoms with Gasteiger partial charge in [0, 0.05) is 17.9 Å². The first-order valence-electron chi connectivity index (χ1n) is 7.87. The standard InChI is InChI=1S/C18H19N3O2/c1-11-3-4-15-13(9-11)10-14(17(22)20-15)16-19-7-8-21(16)12(2)18(23)5-6-18/h3-4,7-10,12,23H,5-6H2,1-2H3,(H,20,22). The Kier molecular flexibility index (Phi) is 2.96. The van der Waals surface area contributed by atoms with Crippen LogP contribution in [-0.2, 0) is 0 Å². The van der Waals surface area contributed by atoms with Gasteiger partial charge in [-0.1, -0.05) is 11.6 Å². The highest BCUT2D eigenvalue weighted by atomic mass is 16.3. The Morgan fingerprint density at radius 2 is 2.13 bits per heavy atom. The minimum absolute atomic E-state index is 0.104. The van der Waals surface area contributed by atoms with E-state index >= 15 is 0 Å². The first-order chi connectivity index (χ1) is 11.0. The molecule has 118 valence electrons. The number of nitrogens with zero attached hydrogens (tertiary/aromatic N) is 2. The molecule has 1 aliphatic rings. The maximum atomic E-state index is 12.5. The second-order valence-electron chi connectivity index (χ2n) is 6.54. The molecule has 23 heavy (non-hydrogen) atoms. The van der Waals surface area contributed by atoms with Crippen LogP contribution in [0, 0.1) is 6.92 Å².